The van der Waals surface area contributed by atoms with Crippen LogP contribution in [0.3, 0.4) is 0 Å². The summed E-state index contributed by atoms with van der Waals surface area (Å²) in [6.07, 6.45) is 2.61. The number of benzene rings is 2. The molecule has 0 aliphatic carbocycles. The summed E-state index contributed by atoms with van der Waals surface area (Å²) in [7, 11) is 0. The lowest BCUT2D eigenvalue weighted by molar-refractivity contribution is -0.134. The van der Waals surface area contributed by atoms with E-state index in [4.69, 9.17) is 5.26 Å². The van der Waals surface area contributed by atoms with Crippen molar-refractivity contribution in [2.45, 2.75) is 25.7 Å². The van der Waals surface area contributed by atoms with E-state index >= 15 is 0 Å². The zero-order chi connectivity index (χ0) is 19.1. The van der Waals surface area contributed by atoms with Crippen molar-refractivity contribution in [3.8, 4) is 6.07 Å². The Balaban J connectivity index is 1.44. The fourth-order valence-corrected chi connectivity index (χ4v) is 3.32. The summed E-state index contributed by atoms with van der Waals surface area (Å²) >= 11 is 0. The molecule has 0 radical (unpaired) electrons. The molecule has 0 spiro atoms. The lowest BCUT2D eigenvalue weighted by Gasteiger charge is -2.31. The highest BCUT2D eigenvalue weighted by molar-refractivity contribution is 5.92. The molecule has 0 aromatic heterocycles. The van der Waals surface area contributed by atoms with Crippen molar-refractivity contribution in [2.75, 3.05) is 18.4 Å². The standard InChI is InChI=1S/C22H23N3O2/c23-16-18-6-9-20(10-7-18)24-22(27)19-12-14-25(15-13-19)21(26)11-8-17-4-2-1-3-5-17/h1-7,9-10,19H,8,11-15H2,(H,24,27). The van der Waals surface area contributed by atoms with Gasteiger partial charge in [-0.3, -0.25) is 9.59 Å². The smallest absolute Gasteiger partial charge is 0.227 e. The Morgan fingerprint density at radius 3 is 2.33 bits per heavy atom. The summed E-state index contributed by atoms with van der Waals surface area (Å²) in [4.78, 5) is 26.7. The summed E-state index contributed by atoms with van der Waals surface area (Å²) < 4.78 is 0. The van der Waals surface area contributed by atoms with Crippen LogP contribution in [0, 0.1) is 17.2 Å². The SMILES string of the molecule is N#Cc1ccc(NC(=O)C2CCN(C(=O)CCc3ccccc3)CC2)cc1. The van der Waals surface area contributed by atoms with Crippen LogP contribution in [0.4, 0.5) is 5.69 Å². The largest absolute Gasteiger partial charge is 0.343 e. The van der Waals surface area contributed by atoms with Gasteiger partial charge in [-0.25, -0.2) is 0 Å². The van der Waals surface area contributed by atoms with Crippen LogP contribution in [0.15, 0.2) is 54.6 Å². The average Bonchev–Trinajstić information content (AvgIpc) is 2.73. The molecule has 1 fully saturated rings. The van der Waals surface area contributed by atoms with Gasteiger partial charge in [0.05, 0.1) is 11.6 Å². The van der Waals surface area contributed by atoms with Gasteiger partial charge in [0.15, 0.2) is 0 Å². The number of hydrogen-bond acceptors (Lipinski definition) is 3. The van der Waals surface area contributed by atoms with Gasteiger partial charge in [0.25, 0.3) is 0 Å². The van der Waals surface area contributed by atoms with Crippen molar-refractivity contribution in [3.05, 3.63) is 65.7 Å². The highest BCUT2D eigenvalue weighted by atomic mass is 16.2. The lowest BCUT2D eigenvalue weighted by atomic mass is 9.95. The first kappa shape index (κ1) is 18.7. The second-order valence-corrected chi connectivity index (χ2v) is 6.82. The summed E-state index contributed by atoms with van der Waals surface area (Å²) in [6, 6.07) is 18.9. The van der Waals surface area contributed by atoms with E-state index in [0.29, 0.717) is 43.6 Å². The van der Waals surface area contributed by atoms with Gasteiger partial charge < -0.3 is 10.2 Å². The Morgan fingerprint density at radius 1 is 1.04 bits per heavy atom. The number of carbonyl (C=O) groups excluding carboxylic acids is 2. The second-order valence-electron chi connectivity index (χ2n) is 6.82. The number of rotatable bonds is 5. The molecule has 3 rings (SSSR count). The highest BCUT2D eigenvalue weighted by Crippen LogP contribution is 2.20. The minimum absolute atomic E-state index is 0.0175. The number of hydrogen-bond donors (Lipinski definition) is 1. The first-order chi connectivity index (χ1) is 13.2. The van der Waals surface area contributed by atoms with Gasteiger partial charge in [-0.15, -0.1) is 0 Å². The fraction of sp³-hybridized carbons (Fsp3) is 0.318. The molecular weight excluding hydrogens is 338 g/mol. The molecular formula is C22H23N3O2. The molecule has 5 heteroatoms. The Bertz CT molecular complexity index is 817. The minimum Gasteiger partial charge on any atom is -0.343 e. The van der Waals surface area contributed by atoms with Crippen LogP contribution in [0.1, 0.15) is 30.4 Å². The number of nitrogens with zero attached hydrogens (tertiary/aromatic N) is 2. The predicted octanol–water partition coefficient (Wildman–Crippen LogP) is 3.37. The monoisotopic (exact) mass is 361 g/mol. The Morgan fingerprint density at radius 2 is 1.70 bits per heavy atom. The third kappa shape index (κ3) is 5.18. The van der Waals surface area contributed by atoms with Gasteiger partial charge in [0.1, 0.15) is 0 Å². The van der Waals surface area contributed by atoms with Gasteiger partial charge >= 0.3 is 0 Å². The lowest BCUT2D eigenvalue weighted by Crippen LogP contribution is -2.41. The number of piperidine rings is 1. The fourth-order valence-electron chi connectivity index (χ4n) is 3.32. The minimum atomic E-state index is -0.0844. The summed E-state index contributed by atoms with van der Waals surface area (Å²) in [6.45, 7) is 1.25. The molecule has 1 aliphatic rings. The molecule has 1 aliphatic heterocycles. The van der Waals surface area contributed by atoms with E-state index in [1.165, 1.54) is 5.56 Å². The summed E-state index contributed by atoms with van der Waals surface area (Å²) in [5.74, 6) is 0.0553. The molecule has 0 atom stereocenters. The maximum atomic E-state index is 12.4. The van der Waals surface area contributed by atoms with Crippen molar-refractivity contribution in [1.82, 2.24) is 4.90 Å². The Kier molecular flexibility index (Phi) is 6.22. The van der Waals surface area contributed by atoms with E-state index in [1.807, 2.05) is 35.2 Å². The molecule has 0 saturated carbocycles. The normalized spacial score (nSPS) is 14.4. The van der Waals surface area contributed by atoms with Crippen LogP contribution >= 0.6 is 0 Å². The molecule has 138 valence electrons. The van der Waals surface area contributed by atoms with Crippen LogP contribution in [0.5, 0.6) is 0 Å². The number of likely N-dealkylation sites (tertiary alicyclic amines) is 1. The number of carbonyl (C=O) groups is 2. The van der Waals surface area contributed by atoms with E-state index in [-0.39, 0.29) is 17.7 Å². The number of anilines is 1. The molecule has 5 nitrogen and oxygen atoms in total. The van der Waals surface area contributed by atoms with E-state index < -0.39 is 0 Å². The van der Waals surface area contributed by atoms with Gasteiger partial charge in [0, 0.05) is 31.1 Å². The van der Waals surface area contributed by atoms with Crippen molar-refractivity contribution in [2.24, 2.45) is 5.92 Å². The maximum Gasteiger partial charge on any atom is 0.227 e. The average molecular weight is 361 g/mol. The molecule has 2 amide bonds. The third-order valence-corrected chi connectivity index (χ3v) is 4.97. The Hall–Kier alpha value is -3.13. The quantitative estimate of drug-likeness (QED) is 0.887. The van der Waals surface area contributed by atoms with E-state index in [1.54, 1.807) is 24.3 Å². The van der Waals surface area contributed by atoms with Crippen molar-refractivity contribution >= 4 is 17.5 Å². The van der Waals surface area contributed by atoms with Gasteiger partial charge in [0.2, 0.25) is 11.8 Å². The zero-order valence-electron chi connectivity index (χ0n) is 15.2. The third-order valence-electron chi connectivity index (χ3n) is 4.97. The zero-order valence-corrected chi connectivity index (χ0v) is 15.2. The first-order valence-electron chi connectivity index (χ1n) is 9.28. The van der Waals surface area contributed by atoms with Crippen LogP contribution in [-0.2, 0) is 16.0 Å². The molecule has 2 aromatic carbocycles. The second kappa shape index (κ2) is 9.00. The topological polar surface area (TPSA) is 73.2 Å². The van der Waals surface area contributed by atoms with Crippen molar-refractivity contribution < 1.29 is 9.59 Å². The molecule has 2 aromatic rings. The van der Waals surface area contributed by atoms with E-state index in [9.17, 15) is 9.59 Å². The van der Waals surface area contributed by atoms with Crippen LogP contribution < -0.4 is 5.32 Å². The van der Waals surface area contributed by atoms with Gasteiger partial charge in [-0.05, 0) is 49.1 Å². The number of amides is 2. The predicted molar refractivity (Wildman–Crippen MR) is 104 cm³/mol. The molecule has 1 N–H and O–H groups in total. The molecule has 27 heavy (non-hydrogen) atoms. The molecule has 1 heterocycles. The molecule has 1 saturated heterocycles. The number of aryl methyl sites for hydroxylation is 1. The summed E-state index contributed by atoms with van der Waals surface area (Å²) in [5.41, 5.74) is 2.43. The number of nitriles is 1. The Labute approximate surface area is 159 Å². The first-order valence-corrected chi connectivity index (χ1v) is 9.28. The van der Waals surface area contributed by atoms with Crippen molar-refractivity contribution in [3.63, 3.8) is 0 Å². The van der Waals surface area contributed by atoms with Gasteiger partial charge in [-0.2, -0.15) is 5.26 Å². The van der Waals surface area contributed by atoms with Crippen LogP contribution in [0.25, 0.3) is 0 Å². The number of nitrogens with one attached hydrogen (secondary N) is 1. The highest BCUT2D eigenvalue weighted by Gasteiger charge is 2.27. The summed E-state index contributed by atoms with van der Waals surface area (Å²) in [5, 5.41) is 11.7. The molecule has 0 unspecified atom stereocenters. The van der Waals surface area contributed by atoms with Crippen molar-refractivity contribution in [1.29, 1.82) is 5.26 Å². The van der Waals surface area contributed by atoms with Crippen LogP contribution in [0.2, 0.25) is 0 Å². The van der Waals surface area contributed by atoms with Gasteiger partial charge in [-0.1, -0.05) is 30.3 Å². The maximum absolute atomic E-state index is 12.4. The van der Waals surface area contributed by atoms with E-state index in [2.05, 4.69) is 11.4 Å². The van der Waals surface area contributed by atoms with Crippen LogP contribution in [-0.4, -0.2) is 29.8 Å². The van der Waals surface area contributed by atoms with E-state index in [0.717, 1.165) is 6.42 Å². The molecule has 0 bridgehead atoms.